The number of nitriles is 1. The van der Waals surface area contributed by atoms with Crippen LogP contribution in [0.2, 0.25) is 0 Å². The van der Waals surface area contributed by atoms with Crippen molar-refractivity contribution in [3.05, 3.63) is 30.5 Å². The number of benzene rings is 1. The van der Waals surface area contributed by atoms with Crippen LogP contribution in [-0.2, 0) is 4.74 Å². The minimum atomic E-state index is 0.0434. The number of anilines is 2. The summed E-state index contributed by atoms with van der Waals surface area (Å²) in [4.78, 5) is 11.8. The molecule has 158 valence electrons. The summed E-state index contributed by atoms with van der Waals surface area (Å²) in [5.74, 6) is 3.13. The maximum atomic E-state index is 8.68. The smallest absolute Gasteiger partial charge is 0.224 e. The fourth-order valence-corrected chi connectivity index (χ4v) is 4.10. The molecule has 0 atom stereocenters. The van der Waals surface area contributed by atoms with Gasteiger partial charge in [0.05, 0.1) is 13.2 Å². The van der Waals surface area contributed by atoms with Gasteiger partial charge in [-0.3, -0.25) is 0 Å². The lowest BCUT2D eigenvalue weighted by Gasteiger charge is -2.30. The van der Waals surface area contributed by atoms with Crippen molar-refractivity contribution in [1.82, 2.24) is 9.97 Å². The average Bonchev–Trinajstić information content (AvgIpc) is 2.80. The monoisotopic (exact) mass is 407 g/mol. The van der Waals surface area contributed by atoms with Gasteiger partial charge < -0.3 is 19.7 Å². The normalized spacial score (nSPS) is 21.7. The lowest BCUT2D eigenvalue weighted by Crippen LogP contribution is -2.37. The maximum Gasteiger partial charge on any atom is 0.224 e. The molecule has 2 heterocycles. The van der Waals surface area contributed by atoms with Gasteiger partial charge in [-0.2, -0.15) is 10.2 Å². The van der Waals surface area contributed by atoms with E-state index in [1.54, 1.807) is 0 Å². The number of nitrogens with one attached hydrogen (secondary N) is 1. The molecule has 1 saturated carbocycles. The molecule has 1 N–H and O–H groups in total. The highest BCUT2D eigenvalue weighted by Gasteiger charge is 2.22. The second kappa shape index (κ2) is 9.77. The van der Waals surface area contributed by atoms with Crippen LogP contribution >= 0.6 is 0 Å². The quantitative estimate of drug-likeness (QED) is 0.778. The third-order valence-electron chi connectivity index (χ3n) is 5.90. The maximum absolute atomic E-state index is 8.68. The van der Waals surface area contributed by atoms with Gasteiger partial charge in [0.1, 0.15) is 17.6 Å². The minimum absolute atomic E-state index is 0.0434. The Morgan fingerprint density at radius 2 is 1.90 bits per heavy atom. The predicted octanol–water partition coefficient (Wildman–Crippen LogP) is 3.87. The van der Waals surface area contributed by atoms with Gasteiger partial charge >= 0.3 is 0 Å². The highest BCUT2D eigenvalue weighted by molar-refractivity contribution is 5.76. The number of aromatic nitrogens is 2. The van der Waals surface area contributed by atoms with Crippen molar-refractivity contribution >= 4 is 11.8 Å². The summed E-state index contributed by atoms with van der Waals surface area (Å²) < 4.78 is 10.9. The average molecular weight is 408 g/mol. The first-order valence-corrected chi connectivity index (χ1v) is 10.8. The summed E-state index contributed by atoms with van der Waals surface area (Å²) in [6, 6.07) is 10.2. The summed E-state index contributed by atoms with van der Waals surface area (Å²) >= 11 is 0. The van der Waals surface area contributed by atoms with Crippen LogP contribution in [-0.4, -0.2) is 48.9 Å². The molecule has 2 aromatic rings. The zero-order valence-electron chi connectivity index (χ0n) is 17.5. The van der Waals surface area contributed by atoms with Crippen LogP contribution in [0.3, 0.4) is 0 Å². The zero-order valence-corrected chi connectivity index (χ0v) is 17.5. The highest BCUT2D eigenvalue weighted by atomic mass is 16.5. The van der Waals surface area contributed by atoms with Crippen molar-refractivity contribution in [3.63, 3.8) is 0 Å². The van der Waals surface area contributed by atoms with E-state index >= 15 is 0 Å². The van der Waals surface area contributed by atoms with Gasteiger partial charge in [-0.05, 0) is 49.3 Å². The van der Waals surface area contributed by atoms with Gasteiger partial charge in [0.15, 0.2) is 6.61 Å². The van der Waals surface area contributed by atoms with E-state index in [0.29, 0.717) is 31.0 Å². The van der Waals surface area contributed by atoms with E-state index in [9.17, 15) is 0 Å². The molecule has 7 heteroatoms. The van der Waals surface area contributed by atoms with Crippen molar-refractivity contribution in [2.45, 2.75) is 38.6 Å². The van der Waals surface area contributed by atoms with E-state index < -0.39 is 0 Å². The molecule has 1 aromatic carbocycles. The van der Waals surface area contributed by atoms with Gasteiger partial charge in [-0.1, -0.05) is 19.1 Å². The Hall–Kier alpha value is -2.85. The van der Waals surface area contributed by atoms with Crippen molar-refractivity contribution in [1.29, 1.82) is 5.26 Å². The van der Waals surface area contributed by atoms with Crippen LogP contribution in [0.15, 0.2) is 30.5 Å². The number of hydrogen-bond donors (Lipinski definition) is 1. The predicted molar refractivity (Wildman–Crippen MR) is 117 cm³/mol. The van der Waals surface area contributed by atoms with Gasteiger partial charge in [0, 0.05) is 30.9 Å². The summed E-state index contributed by atoms with van der Waals surface area (Å²) in [5, 5.41) is 12.2. The first-order chi connectivity index (χ1) is 14.7. The Labute approximate surface area is 178 Å². The molecule has 1 saturated heterocycles. The lowest BCUT2D eigenvalue weighted by atomic mass is 9.87. The fraction of sp³-hybridized carbons (Fsp3) is 0.522. The Kier molecular flexibility index (Phi) is 6.65. The molecular formula is C23H29N5O2. The molecule has 0 bridgehead atoms. The molecule has 0 amide bonds. The van der Waals surface area contributed by atoms with Crippen LogP contribution in [0, 0.1) is 17.2 Å². The van der Waals surface area contributed by atoms with Gasteiger partial charge in [-0.25, -0.2) is 4.98 Å². The summed E-state index contributed by atoms with van der Waals surface area (Å²) in [6.45, 7) is 5.40. The molecule has 4 rings (SSSR count). The summed E-state index contributed by atoms with van der Waals surface area (Å²) in [5.41, 5.74) is 2.02. The number of morpholine rings is 1. The number of nitrogens with zero attached hydrogens (tertiary/aromatic N) is 4. The Morgan fingerprint density at radius 1 is 1.17 bits per heavy atom. The number of rotatable bonds is 6. The Bertz CT molecular complexity index is 866. The molecule has 1 aliphatic heterocycles. The van der Waals surface area contributed by atoms with Crippen molar-refractivity contribution in [2.24, 2.45) is 5.92 Å². The SMILES string of the molecule is CC1CCC(Nc2ncc(-c3ccc(OCC#N)cc3)c(N3CCOCC3)n2)CC1. The molecular weight excluding hydrogens is 378 g/mol. The number of hydrogen-bond acceptors (Lipinski definition) is 7. The van der Waals surface area contributed by atoms with E-state index in [4.69, 9.17) is 19.7 Å². The third-order valence-corrected chi connectivity index (χ3v) is 5.90. The summed E-state index contributed by atoms with van der Waals surface area (Å²) in [7, 11) is 0. The Morgan fingerprint density at radius 3 is 2.60 bits per heavy atom. The van der Waals surface area contributed by atoms with E-state index in [0.717, 1.165) is 36.0 Å². The molecule has 30 heavy (non-hydrogen) atoms. The lowest BCUT2D eigenvalue weighted by molar-refractivity contribution is 0.122. The largest absolute Gasteiger partial charge is 0.479 e. The fourth-order valence-electron chi connectivity index (χ4n) is 4.10. The molecule has 0 unspecified atom stereocenters. The van der Waals surface area contributed by atoms with Crippen LogP contribution < -0.4 is 15.0 Å². The molecule has 1 aliphatic carbocycles. The topological polar surface area (TPSA) is 83.3 Å². The molecule has 7 nitrogen and oxygen atoms in total. The van der Waals surface area contributed by atoms with Gasteiger partial charge in [-0.15, -0.1) is 0 Å². The molecule has 2 fully saturated rings. The standard InChI is InChI=1S/C23H29N5O2/c1-17-2-6-19(7-3-17)26-23-25-16-21(22(27-23)28-11-14-29-15-12-28)18-4-8-20(9-5-18)30-13-10-24/h4-5,8-9,16-17,19H,2-3,6-7,11-15H2,1H3,(H,25,26,27). The first-order valence-electron chi connectivity index (χ1n) is 10.8. The van der Waals surface area contributed by atoms with E-state index in [1.807, 2.05) is 36.5 Å². The van der Waals surface area contributed by atoms with Crippen LogP contribution in [0.25, 0.3) is 11.1 Å². The highest BCUT2D eigenvalue weighted by Crippen LogP contribution is 2.32. The van der Waals surface area contributed by atoms with Crippen LogP contribution in [0.4, 0.5) is 11.8 Å². The summed E-state index contributed by atoms with van der Waals surface area (Å²) in [6.07, 6.45) is 6.77. The van der Waals surface area contributed by atoms with E-state index in [1.165, 1.54) is 25.7 Å². The first kappa shape index (κ1) is 20.4. The Balaban J connectivity index is 1.58. The van der Waals surface area contributed by atoms with E-state index in [2.05, 4.69) is 22.1 Å². The van der Waals surface area contributed by atoms with Crippen molar-refractivity contribution in [3.8, 4) is 22.9 Å². The minimum Gasteiger partial charge on any atom is -0.479 e. The second-order valence-corrected chi connectivity index (χ2v) is 8.10. The van der Waals surface area contributed by atoms with Crippen LogP contribution in [0.1, 0.15) is 32.6 Å². The van der Waals surface area contributed by atoms with Gasteiger partial charge in [0.2, 0.25) is 5.95 Å². The molecule has 0 spiro atoms. The molecule has 1 aromatic heterocycles. The van der Waals surface area contributed by atoms with Crippen molar-refractivity contribution < 1.29 is 9.47 Å². The number of ether oxygens (including phenoxy) is 2. The second-order valence-electron chi connectivity index (χ2n) is 8.10. The molecule has 0 radical (unpaired) electrons. The third kappa shape index (κ3) is 5.00. The molecule has 2 aliphatic rings. The van der Waals surface area contributed by atoms with Crippen LogP contribution in [0.5, 0.6) is 5.75 Å². The zero-order chi connectivity index (χ0) is 20.8. The van der Waals surface area contributed by atoms with Gasteiger partial charge in [0.25, 0.3) is 0 Å². The van der Waals surface area contributed by atoms with E-state index in [-0.39, 0.29) is 6.61 Å². The van der Waals surface area contributed by atoms with Crippen molar-refractivity contribution in [2.75, 3.05) is 43.1 Å².